The minimum absolute atomic E-state index is 0. The Bertz CT molecular complexity index is 905. The average Bonchev–Trinajstić information content (AvgIpc) is 3.19. The minimum Gasteiger partial charge on any atom is -0.476 e. The van der Waals surface area contributed by atoms with Crippen molar-refractivity contribution in [2.75, 3.05) is 31.6 Å². The molecule has 1 aliphatic heterocycles. The number of hydrogen-bond acceptors (Lipinski definition) is 4. The fourth-order valence-corrected chi connectivity index (χ4v) is 3.08. The largest absolute Gasteiger partial charge is 0.476 e. The number of nitrogens with zero attached hydrogens (tertiary/aromatic N) is 3. The number of alkyl halides is 3. The smallest absolute Gasteiger partial charge is 0.417 e. The first kappa shape index (κ1) is 25.7. The van der Waals surface area contributed by atoms with Gasteiger partial charge in [0.15, 0.2) is 5.96 Å². The third-order valence-electron chi connectivity index (χ3n) is 4.71. The van der Waals surface area contributed by atoms with Crippen LogP contribution in [0.25, 0.3) is 0 Å². The molecule has 0 atom stereocenters. The molecule has 1 aliphatic rings. The summed E-state index contributed by atoms with van der Waals surface area (Å²) in [6.07, 6.45) is -2.18. The van der Waals surface area contributed by atoms with Crippen LogP contribution in [0.2, 0.25) is 0 Å². The predicted molar refractivity (Wildman–Crippen MR) is 126 cm³/mol. The molecule has 174 valence electrons. The molecule has 2 heterocycles. The summed E-state index contributed by atoms with van der Waals surface area (Å²) in [6, 6.07) is 9.90. The van der Waals surface area contributed by atoms with E-state index in [2.05, 4.69) is 20.6 Å². The van der Waals surface area contributed by atoms with Gasteiger partial charge in [-0.2, -0.15) is 13.2 Å². The topological polar surface area (TPSA) is 78.9 Å². The molecule has 1 aromatic carbocycles. The zero-order chi connectivity index (χ0) is 22.3. The van der Waals surface area contributed by atoms with Crippen molar-refractivity contribution < 1.29 is 22.7 Å². The second-order valence-electron chi connectivity index (χ2n) is 6.90. The number of carbonyl (C=O) groups is 1. The molecule has 2 N–H and O–H groups in total. The second-order valence-corrected chi connectivity index (χ2v) is 6.90. The first-order valence-electron chi connectivity index (χ1n) is 9.86. The van der Waals surface area contributed by atoms with Gasteiger partial charge in [-0.3, -0.25) is 9.79 Å². The van der Waals surface area contributed by atoms with E-state index in [1.165, 1.54) is 6.07 Å². The Hall–Kier alpha value is -2.57. The van der Waals surface area contributed by atoms with E-state index < -0.39 is 11.7 Å². The van der Waals surface area contributed by atoms with Gasteiger partial charge in [-0.15, -0.1) is 24.0 Å². The molecule has 1 fully saturated rings. The summed E-state index contributed by atoms with van der Waals surface area (Å²) >= 11 is 0. The quantitative estimate of drug-likeness (QED) is 0.233. The van der Waals surface area contributed by atoms with Crippen LogP contribution in [0.15, 0.2) is 47.6 Å². The highest BCUT2D eigenvalue weighted by molar-refractivity contribution is 14.0. The van der Waals surface area contributed by atoms with Gasteiger partial charge in [-0.05, 0) is 30.2 Å². The maximum absolute atomic E-state index is 12.5. The van der Waals surface area contributed by atoms with Crippen LogP contribution in [0, 0.1) is 0 Å². The SMILES string of the molecule is CN=C(NCCOc1ccc(C(F)(F)F)cn1)NCc1ccc(N2CCCC2=O)cc1.I. The van der Waals surface area contributed by atoms with Crippen LogP contribution in [0.4, 0.5) is 18.9 Å². The fourth-order valence-electron chi connectivity index (χ4n) is 3.08. The molecule has 3 rings (SSSR count). The second kappa shape index (κ2) is 11.9. The van der Waals surface area contributed by atoms with E-state index in [4.69, 9.17) is 4.74 Å². The van der Waals surface area contributed by atoms with Gasteiger partial charge in [0, 0.05) is 44.5 Å². The third-order valence-corrected chi connectivity index (χ3v) is 4.71. The number of rotatable bonds is 7. The molecule has 2 aromatic rings. The van der Waals surface area contributed by atoms with E-state index in [9.17, 15) is 18.0 Å². The Labute approximate surface area is 201 Å². The first-order chi connectivity index (χ1) is 14.9. The van der Waals surface area contributed by atoms with Crippen LogP contribution >= 0.6 is 24.0 Å². The highest BCUT2D eigenvalue weighted by Crippen LogP contribution is 2.29. The number of carbonyl (C=O) groups excluding carboxylic acids is 1. The summed E-state index contributed by atoms with van der Waals surface area (Å²) in [7, 11) is 1.63. The van der Waals surface area contributed by atoms with Gasteiger partial charge in [0.2, 0.25) is 11.8 Å². The molecular formula is C21H25F3IN5O2. The lowest BCUT2D eigenvalue weighted by molar-refractivity contribution is -0.137. The molecule has 1 saturated heterocycles. The first-order valence-corrected chi connectivity index (χ1v) is 9.86. The number of halogens is 4. The van der Waals surface area contributed by atoms with E-state index >= 15 is 0 Å². The van der Waals surface area contributed by atoms with Gasteiger partial charge in [-0.25, -0.2) is 4.98 Å². The van der Waals surface area contributed by atoms with E-state index in [1.807, 2.05) is 24.3 Å². The number of hydrogen-bond donors (Lipinski definition) is 2. The highest BCUT2D eigenvalue weighted by atomic mass is 127. The monoisotopic (exact) mass is 563 g/mol. The Morgan fingerprint density at radius 2 is 1.94 bits per heavy atom. The minimum atomic E-state index is -4.42. The molecule has 32 heavy (non-hydrogen) atoms. The van der Waals surface area contributed by atoms with Crippen molar-refractivity contribution in [2.24, 2.45) is 4.99 Å². The van der Waals surface area contributed by atoms with Gasteiger partial charge in [-0.1, -0.05) is 12.1 Å². The van der Waals surface area contributed by atoms with Gasteiger partial charge in [0.25, 0.3) is 0 Å². The van der Waals surface area contributed by atoms with Gasteiger partial charge in [0.1, 0.15) is 6.61 Å². The van der Waals surface area contributed by atoms with Crippen LogP contribution in [0.5, 0.6) is 5.88 Å². The number of benzene rings is 1. The molecule has 0 saturated carbocycles. The predicted octanol–water partition coefficient (Wildman–Crippen LogP) is 3.59. The number of amides is 1. The molecular weight excluding hydrogens is 538 g/mol. The standard InChI is InChI=1S/C21H24F3N5O2.HI/c1-25-20(26-10-12-31-18-9-6-16(14-27-18)21(22,23)24)28-13-15-4-7-17(8-5-15)29-11-2-3-19(29)30;/h4-9,14H,2-3,10-13H2,1H3,(H2,25,26,28);1H. The van der Waals surface area contributed by atoms with Gasteiger partial charge in [0.05, 0.1) is 12.1 Å². The molecule has 11 heteroatoms. The van der Waals surface area contributed by atoms with Crippen molar-refractivity contribution in [2.45, 2.75) is 25.6 Å². The molecule has 1 amide bonds. The number of anilines is 1. The van der Waals surface area contributed by atoms with Crippen LogP contribution in [-0.4, -0.2) is 43.6 Å². The van der Waals surface area contributed by atoms with E-state index in [0.717, 1.165) is 36.5 Å². The Morgan fingerprint density at radius 3 is 2.50 bits per heavy atom. The molecule has 0 aliphatic carbocycles. The van der Waals surface area contributed by atoms with Crippen molar-refractivity contribution >= 4 is 41.5 Å². The number of guanidine groups is 1. The van der Waals surface area contributed by atoms with Crippen molar-refractivity contribution in [3.8, 4) is 5.88 Å². The van der Waals surface area contributed by atoms with E-state index in [0.29, 0.717) is 25.5 Å². The molecule has 0 radical (unpaired) electrons. The molecule has 1 aromatic heterocycles. The van der Waals surface area contributed by atoms with Crippen molar-refractivity contribution in [1.82, 2.24) is 15.6 Å². The number of ether oxygens (including phenoxy) is 1. The number of pyridine rings is 1. The number of aromatic nitrogens is 1. The van der Waals surface area contributed by atoms with Crippen LogP contribution < -0.4 is 20.3 Å². The summed E-state index contributed by atoms with van der Waals surface area (Å²) in [4.78, 5) is 21.4. The summed E-state index contributed by atoms with van der Waals surface area (Å²) in [5.41, 5.74) is 1.12. The lowest BCUT2D eigenvalue weighted by atomic mass is 10.2. The van der Waals surface area contributed by atoms with Crippen molar-refractivity contribution in [3.05, 3.63) is 53.7 Å². The maximum atomic E-state index is 12.5. The molecule has 0 unspecified atom stereocenters. The van der Waals surface area contributed by atoms with Gasteiger partial charge < -0.3 is 20.3 Å². The van der Waals surface area contributed by atoms with Crippen LogP contribution in [0.1, 0.15) is 24.0 Å². The Balaban J connectivity index is 0.00000363. The van der Waals surface area contributed by atoms with Crippen LogP contribution in [0.3, 0.4) is 0 Å². The number of nitrogens with one attached hydrogen (secondary N) is 2. The molecule has 0 bridgehead atoms. The highest BCUT2D eigenvalue weighted by Gasteiger charge is 2.30. The van der Waals surface area contributed by atoms with Crippen molar-refractivity contribution in [3.63, 3.8) is 0 Å². The zero-order valence-electron chi connectivity index (χ0n) is 17.5. The lowest BCUT2D eigenvalue weighted by Gasteiger charge is -2.16. The Kier molecular flexibility index (Phi) is 9.54. The summed E-state index contributed by atoms with van der Waals surface area (Å²) in [5.74, 6) is 0.835. The summed E-state index contributed by atoms with van der Waals surface area (Å²) in [6.45, 7) is 1.89. The molecule has 7 nitrogen and oxygen atoms in total. The van der Waals surface area contributed by atoms with E-state index in [-0.39, 0.29) is 42.4 Å². The van der Waals surface area contributed by atoms with Crippen LogP contribution in [-0.2, 0) is 17.5 Å². The maximum Gasteiger partial charge on any atom is 0.417 e. The summed E-state index contributed by atoms with van der Waals surface area (Å²) < 4.78 is 42.9. The zero-order valence-corrected chi connectivity index (χ0v) is 19.8. The number of aliphatic imine (C=N–C) groups is 1. The van der Waals surface area contributed by atoms with Gasteiger partial charge >= 0.3 is 6.18 Å². The fraction of sp³-hybridized carbons (Fsp3) is 0.381. The lowest BCUT2D eigenvalue weighted by Crippen LogP contribution is -2.38. The van der Waals surface area contributed by atoms with E-state index in [1.54, 1.807) is 11.9 Å². The molecule has 0 spiro atoms. The normalized spacial score (nSPS) is 14.2. The average molecular weight is 563 g/mol. The van der Waals surface area contributed by atoms with Crippen molar-refractivity contribution in [1.29, 1.82) is 0 Å². The Morgan fingerprint density at radius 1 is 1.19 bits per heavy atom. The third kappa shape index (κ3) is 7.24. The summed E-state index contributed by atoms with van der Waals surface area (Å²) in [5, 5.41) is 6.23.